The first-order valence-corrected chi connectivity index (χ1v) is 18.9. The van der Waals surface area contributed by atoms with Crippen molar-refractivity contribution in [3.8, 4) is 56.7 Å². The zero-order valence-electron chi connectivity index (χ0n) is 30.3. The Balaban J connectivity index is 1.03. The van der Waals surface area contributed by atoms with Crippen LogP contribution in [0.4, 0.5) is 0 Å². The van der Waals surface area contributed by atoms with Crippen LogP contribution >= 0.6 is 0 Å². The number of fused-ring (bicyclic) bond motifs is 7. The van der Waals surface area contributed by atoms with Crippen molar-refractivity contribution in [3.05, 3.63) is 200 Å². The molecule has 5 heteroatoms. The minimum Gasteiger partial charge on any atom is -0.316 e. The Morgan fingerprint density at radius 3 is 1.62 bits per heavy atom. The highest BCUT2D eigenvalue weighted by atomic mass is 15.0. The lowest BCUT2D eigenvalue weighted by Crippen LogP contribution is -2.00. The minimum absolute atomic E-state index is 0.640. The number of aromatic nitrogens is 5. The molecule has 11 rings (SSSR count). The molecule has 8 aromatic carbocycles. The van der Waals surface area contributed by atoms with Crippen LogP contribution in [0.5, 0.6) is 0 Å². The van der Waals surface area contributed by atoms with Crippen LogP contribution in [0.15, 0.2) is 200 Å². The molecule has 0 saturated heterocycles. The second-order valence-corrected chi connectivity index (χ2v) is 14.1. The first-order chi connectivity index (χ1) is 27.8. The van der Waals surface area contributed by atoms with Crippen molar-refractivity contribution in [2.24, 2.45) is 0 Å². The lowest BCUT2D eigenvalue weighted by atomic mass is 10.0. The summed E-state index contributed by atoms with van der Waals surface area (Å²) in [4.78, 5) is 14.8. The molecule has 5 nitrogen and oxygen atoms in total. The molecule has 0 aliphatic rings. The molecule has 0 radical (unpaired) electrons. The molecule has 3 aromatic heterocycles. The molecule has 0 fully saturated rings. The third-order valence-corrected chi connectivity index (χ3v) is 10.8. The van der Waals surface area contributed by atoms with E-state index in [4.69, 9.17) is 15.0 Å². The van der Waals surface area contributed by atoms with Crippen molar-refractivity contribution >= 4 is 43.5 Å². The van der Waals surface area contributed by atoms with Gasteiger partial charge in [0.05, 0.1) is 16.6 Å². The smallest absolute Gasteiger partial charge is 0.164 e. The number of benzene rings is 8. The molecular formula is C51H33N5. The van der Waals surface area contributed by atoms with Gasteiger partial charge in [-0.05, 0) is 65.0 Å². The average Bonchev–Trinajstić information content (AvgIpc) is 3.87. The van der Waals surface area contributed by atoms with E-state index < -0.39 is 0 Å². The molecule has 0 saturated carbocycles. The summed E-state index contributed by atoms with van der Waals surface area (Å²) in [6.45, 7) is 0. The van der Waals surface area contributed by atoms with E-state index in [1.54, 1.807) is 0 Å². The number of hydrogen-bond acceptors (Lipinski definition) is 3. The first kappa shape index (κ1) is 31.9. The van der Waals surface area contributed by atoms with Crippen molar-refractivity contribution < 1.29 is 0 Å². The van der Waals surface area contributed by atoms with Crippen LogP contribution in [0.1, 0.15) is 0 Å². The van der Waals surface area contributed by atoms with E-state index in [1.165, 1.54) is 43.5 Å². The summed E-state index contributed by atoms with van der Waals surface area (Å²) in [6, 6.07) is 68.2. The zero-order valence-corrected chi connectivity index (χ0v) is 30.3. The molecule has 3 heterocycles. The average molecular weight is 716 g/mol. The van der Waals surface area contributed by atoms with Crippen LogP contribution in [0.25, 0.3) is 100 Å². The van der Waals surface area contributed by atoms with Gasteiger partial charge in [0, 0.05) is 55.8 Å². The number of nitrogens with zero attached hydrogens (tertiary/aromatic N) is 5. The fourth-order valence-corrected chi connectivity index (χ4v) is 8.16. The van der Waals surface area contributed by atoms with Gasteiger partial charge in [0.2, 0.25) is 0 Å². The molecule has 0 aliphatic carbocycles. The van der Waals surface area contributed by atoms with Gasteiger partial charge >= 0.3 is 0 Å². The van der Waals surface area contributed by atoms with E-state index in [0.29, 0.717) is 17.5 Å². The van der Waals surface area contributed by atoms with Crippen molar-refractivity contribution in [1.29, 1.82) is 0 Å². The Kier molecular flexibility index (Phi) is 7.42. The molecule has 0 aliphatic heterocycles. The fraction of sp³-hybridized carbons (Fsp3) is 0. The van der Waals surface area contributed by atoms with E-state index in [1.807, 2.05) is 60.7 Å². The van der Waals surface area contributed by atoms with Gasteiger partial charge in [0.1, 0.15) is 0 Å². The highest BCUT2D eigenvalue weighted by Crippen LogP contribution is 2.41. The van der Waals surface area contributed by atoms with Crippen molar-refractivity contribution in [2.45, 2.75) is 0 Å². The molecule has 0 amide bonds. The van der Waals surface area contributed by atoms with Crippen LogP contribution < -0.4 is 0 Å². The van der Waals surface area contributed by atoms with Gasteiger partial charge in [-0.3, -0.25) is 0 Å². The molecule has 0 unspecified atom stereocenters. The van der Waals surface area contributed by atoms with Gasteiger partial charge in [-0.1, -0.05) is 146 Å². The Labute approximate surface area is 323 Å². The Hall–Kier alpha value is -7.63. The second-order valence-electron chi connectivity index (χ2n) is 14.1. The van der Waals surface area contributed by atoms with Gasteiger partial charge in [0.15, 0.2) is 17.5 Å². The number of hydrogen-bond donors (Lipinski definition) is 0. The molecule has 0 bridgehead atoms. The minimum atomic E-state index is 0.640. The largest absolute Gasteiger partial charge is 0.316 e. The molecule has 0 N–H and O–H groups in total. The third kappa shape index (κ3) is 5.29. The third-order valence-electron chi connectivity index (χ3n) is 10.8. The predicted octanol–water partition coefficient (Wildman–Crippen LogP) is 12.7. The van der Waals surface area contributed by atoms with E-state index in [9.17, 15) is 0 Å². The van der Waals surface area contributed by atoms with Crippen LogP contribution in [0, 0.1) is 0 Å². The SMILES string of the molecule is c1ccc(-c2nc(-c3ccccc3)nc(-c3cccc(-c4ccc(-n5c6ccccc6c6c7c(ccc8ccn(-c9ccccc9)c87)ccc65)cc4)c3)n2)cc1. The quantitative estimate of drug-likeness (QED) is 0.172. The second kappa shape index (κ2) is 13.0. The lowest BCUT2D eigenvalue weighted by molar-refractivity contribution is 1.07. The van der Waals surface area contributed by atoms with Gasteiger partial charge in [-0.15, -0.1) is 0 Å². The first-order valence-electron chi connectivity index (χ1n) is 18.9. The van der Waals surface area contributed by atoms with Gasteiger partial charge < -0.3 is 9.13 Å². The fourth-order valence-electron chi connectivity index (χ4n) is 8.16. The molecule has 0 atom stereocenters. The van der Waals surface area contributed by atoms with Gasteiger partial charge in [-0.2, -0.15) is 0 Å². The summed E-state index contributed by atoms with van der Waals surface area (Å²) in [5, 5.41) is 6.21. The lowest BCUT2D eigenvalue weighted by Gasteiger charge is -2.12. The predicted molar refractivity (Wildman–Crippen MR) is 230 cm³/mol. The van der Waals surface area contributed by atoms with Crippen LogP contribution in [0.2, 0.25) is 0 Å². The van der Waals surface area contributed by atoms with Crippen molar-refractivity contribution in [1.82, 2.24) is 24.1 Å². The standard InChI is InChI=1S/C51H33N5/c1-4-13-37(14-5-1)49-52-50(38-15-6-2-7-16-38)54-51(53-49)40-18-12-17-39(33-40)34-25-28-42(29-26-34)56-44-22-11-10-21-43(44)47-45(56)30-27-35-23-24-36-31-32-55(48(36)46(35)47)41-19-8-3-9-20-41/h1-33H. The van der Waals surface area contributed by atoms with Crippen molar-refractivity contribution in [2.75, 3.05) is 0 Å². The normalized spacial score (nSPS) is 11.6. The maximum atomic E-state index is 4.97. The summed E-state index contributed by atoms with van der Waals surface area (Å²) >= 11 is 0. The molecule has 11 aromatic rings. The summed E-state index contributed by atoms with van der Waals surface area (Å²) in [5.74, 6) is 1.94. The Morgan fingerprint density at radius 2 is 0.911 bits per heavy atom. The highest BCUT2D eigenvalue weighted by molar-refractivity contribution is 6.27. The highest BCUT2D eigenvalue weighted by Gasteiger charge is 2.19. The maximum Gasteiger partial charge on any atom is 0.164 e. The number of para-hydroxylation sites is 2. The maximum absolute atomic E-state index is 4.97. The molecular weight excluding hydrogens is 683 g/mol. The number of rotatable bonds is 6. The summed E-state index contributed by atoms with van der Waals surface area (Å²) in [6.07, 6.45) is 2.19. The molecule has 262 valence electrons. The van der Waals surface area contributed by atoms with Crippen LogP contribution in [-0.2, 0) is 0 Å². The molecule has 56 heavy (non-hydrogen) atoms. The van der Waals surface area contributed by atoms with Crippen LogP contribution in [-0.4, -0.2) is 24.1 Å². The van der Waals surface area contributed by atoms with Crippen LogP contribution in [0.3, 0.4) is 0 Å². The summed E-state index contributed by atoms with van der Waals surface area (Å²) in [5.41, 5.74) is 10.9. The van der Waals surface area contributed by atoms with E-state index in [2.05, 4.69) is 149 Å². The topological polar surface area (TPSA) is 48.5 Å². The summed E-state index contributed by atoms with van der Waals surface area (Å²) < 4.78 is 4.73. The van der Waals surface area contributed by atoms with E-state index >= 15 is 0 Å². The van der Waals surface area contributed by atoms with Gasteiger partial charge in [0.25, 0.3) is 0 Å². The van der Waals surface area contributed by atoms with Gasteiger partial charge in [-0.25, -0.2) is 15.0 Å². The molecule has 0 spiro atoms. The zero-order chi connectivity index (χ0) is 37.0. The summed E-state index contributed by atoms with van der Waals surface area (Å²) in [7, 11) is 0. The van der Waals surface area contributed by atoms with E-state index in [0.717, 1.165) is 39.2 Å². The Bertz CT molecular complexity index is 3160. The monoisotopic (exact) mass is 715 g/mol. The Morgan fingerprint density at radius 1 is 0.339 bits per heavy atom. The van der Waals surface area contributed by atoms with E-state index in [-0.39, 0.29) is 0 Å². The van der Waals surface area contributed by atoms with Crippen molar-refractivity contribution in [3.63, 3.8) is 0 Å².